The molecule has 1 atom stereocenters. The fraction of sp³-hybridized carbons (Fsp3) is 0.643. The highest BCUT2D eigenvalue weighted by Crippen LogP contribution is 2.15. The summed E-state index contributed by atoms with van der Waals surface area (Å²) in [5.74, 6) is -0.839. The average Bonchev–Trinajstić information content (AvgIpc) is 2.81. The smallest absolute Gasteiger partial charge is 0.336 e. The molecular weight excluding hydrogens is 246 g/mol. The lowest BCUT2D eigenvalue weighted by molar-refractivity contribution is 0.0697. The van der Waals surface area contributed by atoms with Crippen molar-refractivity contribution in [2.45, 2.75) is 58.5 Å². The van der Waals surface area contributed by atoms with E-state index in [0.29, 0.717) is 11.6 Å². The summed E-state index contributed by atoms with van der Waals surface area (Å²) < 4.78 is 0. The van der Waals surface area contributed by atoms with Crippen LogP contribution in [-0.4, -0.2) is 17.1 Å². The van der Waals surface area contributed by atoms with E-state index in [2.05, 4.69) is 19.2 Å². The molecule has 102 valence electrons. The molecular formula is C14H23NO2S. The highest BCUT2D eigenvalue weighted by Gasteiger charge is 2.09. The Morgan fingerprint density at radius 1 is 1.39 bits per heavy atom. The maximum Gasteiger partial charge on any atom is 0.336 e. The Morgan fingerprint density at radius 2 is 2.17 bits per heavy atom. The van der Waals surface area contributed by atoms with Gasteiger partial charge in [0.15, 0.2) is 0 Å². The van der Waals surface area contributed by atoms with Crippen molar-refractivity contribution in [3.05, 3.63) is 21.9 Å². The number of carboxylic acid groups (broad SMARTS) is 1. The molecule has 1 rings (SSSR count). The number of carboxylic acids is 1. The van der Waals surface area contributed by atoms with E-state index in [-0.39, 0.29) is 0 Å². The minimum atomic E-state index is -0.839. The number of hydrogen-bond acceptors (Lipinski definition) is 3. The first-order valence-corrected chi connectivity index (χ1v) is 7.59. The third-order valence-corrected chi connectivity index (χ3v) is 3.95. The number of nitrogens with one attached hydrogen (secondary N) is 1. The lowest BCUT2D eigenvalue weighted by Gasteiger charge is -2.17. The van der Waals surface area contributed by atoms with Gasteiger partial charge in [-0.3, -0.25) is 0 Å². The van der Waals surface area contributed by atoms with Crippen molar-refractivity contribution >= 4 is 17.3 Å². The fourth-order valence-electron chi connectivity index (χ4n) is 1.98. The molecule has 0 bridgehead atoms. The summed E-state index contributed by atoms with van der Waals surface area (Å²) in [7, 11) is 0. The van der Waals surface area contributed by atoms with Gasteiger partial charge in [0.05, 0.1) is 5.56 Å². The van der Waals surface area contributed by atoms with Crippen molar-refractivity contribution in [3.8, 4) is 0 Å². The van der Waals surface area contributed by atoms with Crippen molar-refractivity contribution in [2.75, 3.05) is 0 Å². The predicted octanol–water partition coefficient (Wildman–Crippen LogP) is 3.89. The Labute approximate surface area is 113 Å². The SMILES string of the molecule is CCCCC(CCC)NCc1cc(C(=O)O)cs1. The standard InChI is InChI=1S/C14H23NO2S/c1-3-5-7-12(6-4-2)15-9-13-8-11(10-18-13)14(16)17/h8,10,12,15H,3-7,9H2,1-2H3,(H,16,17). The summed E-state index contributed by atoms with van der Waals surface area (Å²) in [6.45, 7) is 5.20. The van der Waals surface area contributed by atoms with E-state index in [1.807, 2.05) is 0 Å². The minimum absolute atomic E-state index is 0.400. The number of thiophene rings is 1. The summed E-state index contributed by atoms with van der Waals surface area (Å²) in [5.41, 5.74) is 0.400. The van der Waals surface area contributed by atoms with E-state index >= 15 is 0 Å². The van der Waals surface area contributed by atoms with Gasteiger partial charge < -0.3 is 10.4 Å². The highest BCUT2D eigenvalue weighted by atomic mass is 32.1. The van der Waals surface area contributed by atoms with E-state index in [0.717, 1.165) is 11.4 Å². The number of unbranched alkanes of at least 4 members (excludes halogenated alkanes) is 1. The van der Waals surface area contributed by atoms with Gasteiger partial charge in [-0.25, -0.2) is 4.79 Å². The molecule has 0 saturated heterocycles. The molecule has 0 fully saturated rings. The first-order chi connectivity index (χ1) is 8.67. The molecule has 0 radical (unpaired) electrons. The molecule has 3 nitrogen and oxygen atoms in total. The fourth-order valence-corrected chi connectivity index (χ4v) is 2.79. The van der Waals surface area contributed by atoms with E-state index < -0.39 is 5.97 Å². The van der Waals surface area contributed by atoms with Crippen LogP contribution in [0.15, 0.2) is 11.4 Å². The van der Waals surface area contributed by atoms with Gasteiger partial charge in [0, 0.05) is 22.8 Å². The van der Waals surface area contributed by atoms with Gasteiger partial charge in [-0.1, -0.05) is 33.1 Å². The van der Waals surface area contributed by atoms with E-state index in [1.54, 1.807) is 11.4 Å². The van der Waals surface area contributed by atoms with E-state index in [1.165, 1.54) is 43.4 Å². The summed E-state index contributed by atoms with van der Waals surface area (Å²) in [6, 6.07) is 2.33. The maximum atomic E-state index is 10.8. The third kappa shape index (κ3) is 5.19. The quantitative estimate of drug-likeness (QED) is 0.715. The van der Waals surface area contributed by atoms with Gasteiger partial charge in [-0.15, -0.1) is 11.3 Å². The molecule has 1 heterocycles. The Bertz CT molecular complexity index is 362. The Hall–Kier alpha value is -0.870. The maximum absolute atomic E-state index is 10.8. The van der Waals surface area contributed by atoms with Crippen LogP contribution in [0.1, 0.15) is 61.2 Å². The van der Waals surface area contributed by atoms with Gasteiger partial charge in [0.25, 0.3) is 0 Å². The molecule has 2 N–H and O–H groups in total. The second-order valence-corrected chi connectivity index (χ2v) is 5.61. The molecule has 1 aromatic rings. The topological polar surface area (TPSA) is 49.3 Å². The third-order valence-electron chi connectivity index (χ3n) is 3.01. The van der Waals surface area contributed by atoms with Gasteiger partial charge in [0.1, 0.15) is 0 Å². The number of rotatable bonds is 9. The summed E-state index contributed by atoms with van der Waals surface area (Å²) in [6.07, 6.45) is 6.07. The predicted molar refractivity (Wildman–Crippen MR) is 76.3 cm³/mol. The van der Waals surface area contributed by atoms with Crippen LogP contribution in [0.3, 0.4) is 0 Å². The molecule has 0 aromatic carbocycles. The summed E-state index contributed by atoms with van der Waals surface area (Å²) in [4.78, 5) is 11.9. The van der Waals surface area contributed by atoms with Crippen molar-refractivity contribution in [3.63, 3.8) is 0 Å². The Kier molecular flexibility index (Phi) is 6.98. The monoisotopic (exact) mass is 269 g/mol. The lowest BCUT2D eigenvalue weighted by Crippen LogP contribution is -2.28. The van der Waals surface area contributed by atoms with E-state index in [9.17, 15) is 4.79 Å². The zero-order valence-electron chi connectivity index (χ0n) is 11.2. The Morgan fingerprint density at radius 3 is 2.72 bits per heavy atom. The normalized spacial score (nSPS) is 12.6. The van der Waals surface area contributed by atoms with Crippen molar-refractivity contribution in [1.82, 2.24) is 5.32 Å². The van der Waals surface area contributed by atoms with E-state index in [4.69, 9.17) is 5.11 Å². The first-order valence-electron chi connectivity index (χ1n) is 6.71. The molecule has 4 heteroatoms. The molecule has 1 unspecified atom stereocenters. The molecule has 0 saturated carbocycles. The molecule has 0 aliphatic rings. The molecule has 0 aliphatic carbocycles. The van der Waals surface area contributed by atoms with Crippen LogP contribution in [0.5, 0.6) is 0 Å². The van der Waals surface area contributed by atoms with Crippen LogP contribution < -0.4 is 5.32 Å². The molecule has 1 aromatic heterocycles. The summed E-state index contributed by atoms with van der Waals surface area (Å²) >= 11 is 1.52. The van der Waals surface area contributed by atoms with Crippen molar-refractivity contribution in [2.24, 2.45) is 0 Å². The number of hydrogen-bond donors (Lipinski definition) is 2. The van der Waals surface area contributed by atoms with Gasteiger partial charge >= 0.3 is 5.97 Å². The average molecular weight is 269 g/mol. The second kappa shape index (κ2) is 8.27. The van der Waals surface area contributed by atoms with Crippen LogP contribution in [-0.2, 0) is 6.54 Å². The van der Waals surface area contributed by atoms with Gasteiger partial charge in [0.2, 0.25) is 0 Å². The van der Waals surface area contributed by atoms with Crippen LogP contribution in [0, 0.1) is 0 Å². The Balaban J connectivity index is 2.42. The highest BCUT2D eigenvalue weighted by molar-refractivity contribution is 7.10. The van der Waals surface area contributed by atoms with Crippen molar-refractivity contribution in [1.29, 1.82) is 0 Å². The molecule has 0 aliphatic heterocycles. The van der Waals surface area contributed by atoms with Crippen LogP contribution in [0.4, 0.5) is 0 Å². The van der Waals surface area contributed by atoms with Crippen LogP contribution >= 0.6 is 11.3 Å². The number of carbonyl (C=O) groups is 1. The lowest BCUT2D eigenvalue weighted by atomic mass is 10.1. The van der Waals surface area contributed by atoms with Crippen LogP contribution in [0.2, 0.25) is 0 Å². The van der Waals surface area contributed by atoms with Gasteiger partial charge in [-0.2, -0.15) is 0 Å². The summed E-state index contributed by atoms with van der Waals surface area (Å²) in [5, 5.41) is 14.1. The van der Waals surface area contributed by atoms with Gasteiger partial charge in [-0.05, 0) is 18.9 Å². The second-order valence-electron chi connectivity index (χ2n) is 4.62. The minimum Gasteiger partial charge on any atom is -0.478 e. The molecule has 0 spiro atoms. The van der Waals surface area contributed by atoms with Crippen molar-refractivity contribution < 1.29 is 9.90 Å². The molecule has 0 amide bonds. The largest absolute Gasteiger partial charge is 0.478 e. The molecule has 18 heavy (non-hydrogen) atoms. The zero-order chi connectivity index (χ0) is 13.4. The zero-order valence-corrected chi connectivity index (χ0v) is 12.1. The van der Waals surface area contributed by atoms with Crippen LogP contribution in [0.25, 0.3) is 0 Å². The first kappa shape index (κ1) is 15.2. The number of aromatic carboxylic acids is 1.